The van der Waals surface area contributed by atoms with Crippen LogP contribution in [0.15, 0.2) is 54.3 Å². The first kappa shape index (κ1) is 12.0. The summed E-state index contributed by atoms with van der Waals surface area (Å²) in [6.07, 6.45) is 3.29. The molecule has 0 aliphatic heterocycles. The molecule has 0 saturated carbocycles. The third-order valence-corrected chi connectivity index (χ3v) is 4.16. The SMILES string of the molecule is O=C(Nc1ccc2sccc2c1)c1ccc2nncn2c1. The summed E-state index contributed by atoms with van der Waals surface area (Å²) in [5, 5.41) is 13.8. The van der Waals surface area contributed by atoms with Gasteiger partial charge in [-0.3, -0.25) is 9.20 Å². The van der Waals surface area contributed by atoms with E-state index in [9.17, 15) is 4.79 Å². The molecule has 0 spiro atoms. The van der Waals surface area contributed by atoms with Gasteiger partial charge >= 0.3 is 0 Å². The maximum Gasteiger partial charge on any atom is 0.257 e. The molecule has 21 heavy (non-hydrogen) atoms. The number of nitrogens with one attached hydrogen (secondary N) is 1. The van der Waals surface area contributed by atoms with Gasteiger partial charge in [-0.2, -0.15) is 0 Å². The summed E-state index contributed by atoms with van der Waals surface area (Å²) >= 11 is 1.68. The highest BCUT2D eigenvalue weighted by Gasteiger charge is 2.08. The molecule has 0 saturated heterocycles. The van der Waals surface area contributed by atoms with Gasteiger partial charge in [0, 0.05) is 16.6 Å². The molecule has 0 atom stereocenters. The van der Waals surface area contributed by atoms with Crippen LogP contribution >= 0.6 is 11.3 Å². The average Bonchev–Trinajstić information content (AvgIpc) is 3.14. The molecule has 0 radical (unpaired) electrons. The van der Waals surface area contributed by atoms with Crippen molar-refractivity contribution in [1.29, 1.82) is 0 Å². The molecule has 102 valence electrons. The highest BCUT2D eigenvalue weighted by atomic mass is 32.1. The Labute approximate surface area is 123 Å². The molecule has 1 aromatic carbocycles. The Kier molecular flexibility index (Phi) is 2.68. The van der Waals surface area contributed by atoms with E-state index in [0.717, 1.165) is 11.1 Å². The number of rotatable bonds is 2. The average molecular weight is 294 g/mol. The molecule has 5 nitrogen and oxygen atoms in total. The van der Waals surface area contributed by atoms with Gasteiger partial charge in [-0.25, -0.2) is 0 Å². The van der Waals surface area contributed by atoms with E-state index in [4.69, 9.17) is 0 Å². The maximum atomic E-state index is 12.3. The summed E-state index contributed by atoms with van der Waals surface area (Å²) in [6.45, 7) is 0. The number of aromatic nitrogens is 3. The second-order valence-electron chi connectivity index (χ2n) is 4.64. The number of fused-ring (bicyclic) bond motifs is 2. The van der Waals surface area contributed by atoms with Crippen LogP contribution < -0.4 is 5.32 Å². The Bertz CT molecular complexity index is 956. The number of carbonyl (C=O) groups is 1. The largest absolute Gasteiger partial charge is 0.322 e. The van der Waals surface area contributed by atoms with Crippen LogP contribution in [0.4, 0.5) is 5.69 Å². The van der Waals surface area contributed by atoms with E-state index in [-0.39, 0.29) is 5.91 Å². The van der Waals surface area contributed by atoms with Crippen LogP contribution in [0.5, 0.6) is 0 Å². The van der Waals surface area contributed by atoms with Crippen molar-refractivity contribution in [2.75, 3.05) is 5.32 Å². The lowest BCUT2D eigenvalue weighted by Crippen LogP contribution is -2.12. The van der Waals surface area contributed by atoms with E-state index in [0.29, 0.717) is 11.2 Å². The van der Waals surface area contributed by atoms with Crippen molar-refractivity contribution in [2.24, 2.45) is 0 Å². The van der Waals surface area contributed by atoms with Crippen LogP contribution in [-0.2, 0) is 0 Å². The predicted octanol–water partition coefficient (Wildman–Crippen LogP) is 3.20. The molecule has 4 rings (SSSR count). The van der Waals surface area contributed by atoms with Gasteiger partial charge in [0.25, 0.3) is 5.91 Å². The molecule has 1 amide bonds. The van der Waals surface area contributed by atoms with E-state index in [1.807, 2.05) is 29.6 Å². The van der Waals surface area contributed by atoms with E-state index >= 15 is 0 Å². The molecule has 0 aliphatic rings. The van der Waals surface area contributed by atoms with Gasteiger partial charge in [-0.05, 0) is 47.2 Å². The number of benzene rings is 1. The van der Waals surface area contributed by atoms with Gasteiger partial charge in [0.15, 0.2) is 5.65 Å². The summed E-state index contributed by atoms with van der Waals surface area (Å²) in [5.41, 5.74) is 2.06. The Hall–Kier alpha value is -2.73. The van der Waals surface area contributed by atoms with Crippen LogP contribution in [0.2, 0.25) is 0 Å². The Morgan fingerprint density at radius 3 is 3.10 bits per heavy atom. The number of amides is 1. The minimum atomic E-state index is -0.153. The Balaban J connectivity index is 1.64. The first-order valence-electron chi connectivity index (χ1n) is 6.38. The molecular weight excluding hydrogens is 284 g/mol. The molecule has 6 heteroatoms. The molecule has 1 N–H and O–H groups in total. The predicted molar refractivity (Wildman–Crippen MR) is 82.8 cm³/mol. The van der Waals surface area contributed by atoms with Gasteiger partial charge in [-0.1, -0.05) is 0 Å². The molecule has 0 fully saturated rings. The Morgan fingerprint density at radius 2 is 2.14 bits per heavy atom. The number of carbonyl (C=O) groups excluding carboxylic acids is 1. The van der Waals surface area contributed by atoms with Crippen LogP contribution in [0.25, 0.3) is 15.7 Å². The monoisotopic (exact) mass is 294 g/mol. The lowest BCUT2D eigenvalue weighted by atomic mass is 10.2. The molecular formula is C15H10N4OS. The highest BCUT2D eigenvalue weighted by Crippen LogP contribution is 2.24. The maximum absolute atomic E-state index is 12.3. The van der Waals surface area contributed by atoms with Crippen molar-refractivity contribution in [3.8, 4) is 0 Å². The third-order valence-electron chi connectivity index (χ3n) is 3.26. The van der Waals surface area contributed by atoms with Crippen molar-refractivity contribution >= 4 is 38.7 Å². The summed E-state index contributed by atoms with van der Waals surface area (Å²) in [5.74, 6) is -0.153. The van der Waals surface area contributed by atoms with Gasteiger partial charge in [0.05, 0.1) is 5.56 Å². The molecule has 0 bridgehead atoms. The summed E-state index contributed by atoms with van der Waals surface area (Å²) in [7, 11) is 0. The van der Waals surface area contributed by atoms with Crippen molar-refractivity contribution in [3.05, 3.63) is 59.9 Å². The second kappa shape index (κ2) is 4.68. The van der Waals surface area contributed by atoms with Crippen molar-refractivity contribution in [1.82, 2.24) is 14.6 Å². The topological polar surface area (TPSA) is 59.3 Å². The summed E-state index contributed by atoms with van der Waals surface area (Å²) < 4.78 is 2.93. The van der Waals surface area contributed by atoms with Gasteiger partial charge in [0.2, 0.25) is 0 Å². The van der Waals surface area contributed by atoms with E-state index < -0.39 is 0 Å². The molecule has 0 unspecified atom stereocenters. The quantitative estimate of drug-likeness (QED) is 0.617. The van der Waals surface area contributed by atoms with E-state index in [2.05, 4.69) is 15.5 Å². The third kappa shape index (κ3) is 2.15. The van der Waals surface area contributed by atoms with E-state index in [1.54, 1.807) is 40.4 Å². The number of thiophene rings is 1. The van der Waals surface area contributed by atoms with Crippen molar-refractivity contribution in [2.45, 2.75) is 0 Å². The van der Waals surface area contributed by atoms with Crippen LogP contribution in [0.1, 0.15) is 10.4 Å². The number of hydrogen-bond donors (Lipinski definition) is 1. The minimum Gasteiger partial charge on any atom is -0.322 e. The van der Waals surface area contributed by atoms with Crippen molar-refractivity contribution in [3.63, 3.8) is 0 Å². The summed E-state index contributed by atoms with van der Waals surface area (Å²) in [6, 6.07) is 11.4. The number of pyridine rings is 1. The fraction of sp³-hybridized carbons (Fsp3) is 0. The normalized spacial score (nSPS) is 11.0. The van der Waals surface area contributed by atoms with Crippen LogP contribution in [0, 0.1) is 0 Å². The fourth-order valence-corrected chi connectivity index (χ4v) is 2.98. The molecule has 4 aromatic rings. The lowest BCUT2D eigenvalue weighted by molar-refractivity contribution is 0.102. The van der Waals surface area contributed by atoms with Crippen molar-refractivity contribution < 1.29 is 4.79 Å². The number of anilines is 1. The zero-order chi connectivity index (χ0) is 14.2. The molecule has 3 heterocycles. The fourth-order valence-electron chi connectivity index (χ4n) is 2.21. The van der Waals surface area contributed by atoms with Gasteiger partial charge < -0.3 is 5.32 Å². The number of hydrogen-bond acceptors (Lipinski definition) is 4. The van der Waals surface area contributed by atoms with Gasteiger partial charge in [0.1, 0.15) is 6.33 Å². The smallest absolute Gasteiger partial charge is 0.257 e. The zero-order valence-corrected chi connectivity index (χ0v) is 11.7. The first-order valence-corrected chi connectivity index (χ1v) is 7.25. The van der Waals surface area contributed by atoms with Crippen LogP contribution in [0.3, 0.4) is 0 Å². The Morgan fingerprint density at radius 1 is 1.19 bits per heavy atom. The standard InChI is InChI=1S/C15H10N4OS/c20-15(11-1-4-14-18-16-9-19(14)8-11)17-12-2-3-13-10(7-12)5-6-21-13/h1-9H,(H,17,20). The lowest BCUT2D eigenvalue weighted by Gasteiger charge is -2.05. The van der Waals surface area contributed by atoms with Gasteiger partial charge in [-0.15, -0.1) is 21.5 Å². The minimum absolute atomic E-state index is 0.153. The first-order chi connectivity index (χ1) is 10.3. The molecule has 0 aliphatic carbocycles. The van der Waals surface area contributed by atoms with E-state index in [1.165, 1.54) is 4.70 Å². The zero-order valence-electron chi connectivity index (χ0n) is 10.9. The highest BCUT2D eigenvalue weighted by molar-refractivity contribution is 7.17. The number of nitrogens with zero attached hydrogens (tertiary/aromatic N) is 3. The second-order valence-corrected chi connectivity index (χ2v) is 5.59. The summed E-state index contributed by atoms with van der Waals surface area (Å²) in [4.78, 5) is 12.3. The molecule has 3 aromatic heterocycles. The van der Waals surface area contributed by atoms with Crippen LogP contribution in [-0.4, -0.2) is 20.5 Å².